The number of carbonyl (C=O) groups is 1. The zero-order valence-corrected chi connectivity index (χ0v) is 17.7. The van der Waals surface area contributed by atoms with Crippen LogP contribution >= 0.6 is 35.0 Å². The highest BCUT2D eigenvalue weighted by Crippen LogP contribution is 2.26. The second kappa shape index (κ2) is 8.99. The Bertz CT molecular complexity index is 1220. The molecule has 0 atom stereocenters. The number of thioether (sulfide) groups is 1. The number of nitrogens with zero attached hydrogens (tertiary/aromatic N) is 4. The summed E-state index contributed by atoms with van der Waals surface area (Å²) in [6.45, 7) is 0.303. The molecular weight excluding hydrogens is 448 g/mol. The number of hydrogen-bond acceptors (Lipinski definition) is 5. The van der Waals surface area contributed by atoms with E-state index in [1.165, 1.54) is 30.2 Å². The predicted molar refractivity (Wildman–Crippen MR) is 116 cm³/mol. The van der Waals surface area contributed by atoms with Gasteiger partial charge in [0.05, 0.1) is 23.0 Å². The van der Waals surface area contributed by atoms with E-state index >= 15 is 0 Å². The quantitative estimate of drug-likeness (QED) is 0.333. The number of amides is 1. The smallest absolute Gasteiger partial charge is 0.230 e. The first-order valence-corrected chi connectivity index (χ1v) is 10.5. The molecule has 2 heterocycles. The number of carbonyl (C=O) groups excluding carboxylic acids is 1. The molecule has 152 valence electrons. The van der Waals surface area contributed by atoms with Gasteiger partial charge in [-0.15, -0.1) is 0 Å². The van der Waals surface area contributed by atoms with Crippen molar-refractivity contribution in [3.05, 3.63) is 76.4 Å². The molecule has 2 aromatic carbocycles. The summed E-state index contributed by atoms with van der Waals surface area (Å²) >= 11 is 13.3. The van der Waals surface area contributed by atoms with Gasteiger partial charge in [0.1, 0.15) is 17.2 Å². The van der Waals surface area contributed by atoms with Crippen LogP contribution in [0.15, 0.2) is 60.0 Å². The molecule has 0 radical (unpaired) electrons. The average molecular weight is 462 g/mol. The van der Waals surface area contributed by atoms with Gasteiger partial charge >= 0.3 is 0 Å². The molecule has 0 saturated carbocycles. The van der Waals surface area contributed by atoms with Crippen molar-refractivity contribution in [1.29, 1.82) is 0 Å². The van der Waals surface area contributed by atoms with Crippen LogP contribution in [0.3, 0.4) is 0 Å². The molecule has 10 heteroatoms. The van der Waals surface area contributed by atoms with Crippen LogP contribution in [0.1, 0.15) is 5.56 Å². The lowest BCUT2D eigenvalue weighted by molar-refractivity contribution is -0.118. The van der Waals surface area contributed by atoms with Gasteiger partial charge in [-0.25, -0.2) is 19.0 Å². The van der Waals surface area contributed by atoms with Crippen LogP contribution in [0.2, 0.25) is 10.0 Å². The van der Waals surface area contributed by atoms with Crippen molar-refractivity contribution in [2.75, 3.05) is 5.75 Å². The Labute approximate surface area is 185 Å². The fourth-order valence-electron chi connectivity index (χ4n) is 2.75. The van der Waals surface area contributed by atoms with Crippen LogP contribution in [-0.2, 0) is 11.3 Å². The number of rotatable bonds is 6. The summed E-state index contributed by atoms with van der Waals surface area (Å²) in [6, 6.07) is 11.1. The first-order chi connectivity index (χ1) is 14.5. The van der Waals surface area contributed by atoms with Crippen molar-refractivity contribution in [3.8, 4) is 5.69 Å². The molecule has 1 amide bonds. The lowest BCUT2D eigenvalue weighted by Crippen LogP contribution is -2.24. The van der Waals surface area contributed by atoms with Gasteiger partial charge in [-0.1, -0.05) is 41.0 Å². The third kappa shape index (κ3) is 4.56. The molecule has 4 rings (SSSR count). The minimum absolute atomic E-state index is 0.163. The van der Waals surface area contributed by atoms with Crippen molar-refractivity contribution in [2.24, 2.45) is 0 Å². The van der Waals surface area contributed by atoms with E-state index in [0.717, 1.165) is 5.56 Å². The molecule has 1 N–H and O–H groups in total. The monoisotopic (exact) mass is 461 g/mol. The van der Waals surface area contributed by atoms with Crippen LogP contribution in [0.5, 0.6) is 0 Å². The maximum absolute atomic E-state index is 13.2. The van der Waals surface area contributed by atoms with Crippen LogP contribution in [0.4, 0.5) is 4.39 Å². The minimum atomic E-state index is -0.327. The van der Waals surface area contributed by atoms with E-state index in [1.54, 1.807) is 41.2 Å². The van der Waals surface area contributed by atoms with Crippen molar-refractivity contribution in [2.45, 2.75) is 11.6 Å². The van der Waals surface area contributed by atoms with Gasteiger partial charge in [-0.2, -0.15) is 5.10 Å². The number of benzene rings is 2. The van der Waals surface area contributed by atoms with Crippen LogP contribution < -0.4 is 5.32 Å². The maximum atomic E-state index is 13.2. The highest BCUT2D eigenvalue weighted by atomic mass is 35.5. The fourth-order valence-corrected chi connectivity index (χ4v) is 4.02. The van der Waals surface area contributed by atoms with Crippen LogP contribution in [-0.4, -0.2) is 31.4 Å². The van der Waals surface area contributed by atoms with Gasteiger partial charge in [0.15, 0.2) is 5.65 Å². The van der Waals surface area contributed by atoms with E-state index < -0.39 is 0 Å². The first kappa shape index (κ1) is 20.6. The number of fused-ring (bicyclic) bond motifs is 1. The summed E-state index contributed by atoms with van der Waals surface area (Å²) < 4.78 is 14.8. The van der Waals surface area contributed by atoms with E-state index in [1.807, 2.05) is 0 Å². The molecule has 0 spiro atoms. The first-order valence-electron chi connectivity index (χ1n) is 8.79. The lowest BCUT2D eigenvalue weighted by atomic mass is 10.2. The summed E-state index contributed by atoms with van der Waals surface area (Å²) in [6.07, 6.45) is 3.05. The van der Waals surface area contributed by atoms with Gasteiger partial charge < -0.3 is 5.32 Å². The summed E-state index contributed by atoms with van der Waals surface area (Å²) in [5, 5.41) is 9.54. The second-order valence-electron chi connectivity index (χ2n) is 6.25. The zero-order valence-electron chi connectivity index (χ0n) is 15.3. The van der Waals surface area contributed by atoms with Gasteiger partial charge in [0, 0.05) is 16.6 Å². The molecule has 0 unspecified atom stereocenters. The zero-order chi connectivity index (χ0) is 21.1. The topological polar surface area (TPSA) is 72.7 Å². The number of nitrogens with one attached hydrogen (secondary N) is 1. The Hall–Kier alpha value is -2.68. The number of aromatic nitrogens is 4. The second-order valence-corrected chi connectivity index (χ2v) is 8.06. The maximum Gasteiger partial charge on any atom is 0.230 e. The Morgan fingerprint density at radius 1 is 1.13 bits per heavy atom. The van der Waals surface area contributed by atoms with Gasteiger partial charge in [0.2, 0.25) is 5.91 Å². The normalized spacial score (nSPS) is 11.0. The lowest BCUT2D eigenvalue weighted by Gasteiger charge is -2.07. The Kier molecular flexibility index (Phi) is 6.17. The van der Waals surface area contributed by atoms with Crippen molar-refractivity contribution in [1.82, 2.24) is 25.1 Å². The molecule has 30 heavy (non-hydrogen) atoms. The van der Waals surface area contributed by atoms with Gasteiger partial charge in [0.25, 0.3) is 0 Å². The molecule has 4 aromatic rings. The third-order valence-corrected chi connectivity index (χ3v) is 5.82. The molecular formula is C20H14Cl2FN5OS. The summed E-state index contributed by atoms with van der Waals surface area (Å²) in [5.74, 6) is -0.324. The van der Waals surface area contributed by atoms with Crippen molar-refractivity contribution < 1.29 is 9.18 Å². The Balaban J connectivity index is 1.44. The van der Waals surface area contributed by atoms with Gasteiger partial charge in [-0.3, -0.25) is 4.79 Å². The SMILES string of the molecule is O=C(CSc1ncnc2c1cnn2-c1ccc(F)cc1)NCc1ccc(Cl)cc1Cl. The molecule has 0 fully saturated rings. The largest absolute Gasteiger partial charge is 0.351 e. The minimum Gasteiger partial charge on any atom is -0.351 e. The number of halogens is 3. The Morgan fingerprint density at radius 3 is 2.70 bits per heavy atom. The van der Waals surface area contributed by atoms with E-state index in [9.17, 15) is 9.18 Å². The van der Waals surface area contributed by atoms with E-state index in [-0.39, 0.29) is 17.5 Å². The van der Waals surface area contributed by atoms with Gasteiger partial charge in [-0.05, 0) is 42.0 Å². The predicted octanol–water partition coefficient (Wildman–Crippen LogP) is 4.67. The summed E-state index contributed by atoms with van der Waals surface area (Å²) in [4.78, 5) is 20.8. The number of hydrogen-bond donors (Lipinski definition) is 1. The van der Waals surface area contributed by atoms with Crippen molar-refractivity contribution >= 4 is 51.9 Å². The molecule has 0 aliphatic heterocycles. The van der Waals surface area contributed by atoms with Crippen LogP contribution in [0.25, 0.3) is 16.7 Å². The Morgan fingerprint density at radius 2 is 1.93 bits per heavy atom. The molecule has 0 bridgehead atoms. The van der Waals surface area contributed by atoms with E-state index in [4.69, 9.17) is 23.2 Å². The van der Waals surface area contributed by atoms with E-state index in [2.05, 4.69) is 20.4 Å². The average Bonchev–Trinajstić information content (AvgIpc) is 3.17. The highest BCUT2D eigenvalue weighted by molar-refractivity contribution is 8.00. The standard InChI is InChI=1S/C20H14Cl2FN5OS/c21-13-2-1-12(17(22)7-13)8-24-18(29)10-30-20-16-9-27-28(19(16)25-11-26-20)15-5-3-14(23)4-6-15/h1-7,9,11H,8,10H2,(H,24,29). The third-order valence-electron chi connectivity index (χ3n) is 4.23. The highest BCUT2D eigenvalue weighted by Gasteiger charge is 2.13. The molecule has 0 aliphatic rings. The fraction of sp³-hybridized carbons (Fsp3) is 0.100. The molecule has 6 nitrogen and oxygen atoms in total. The van der Waals surface area contributed by atoms with Crippen LogP contribution in [0, 0.1) is 5.82 Å². The van der Waals surface area contributed by atoms with Crippen molar-refractivity contribution in [3.63, 3.8) is 0 Å². The molecule has 0 aliphatic carbocycles. The summed E-state index contributed by atoms with van der Waals surface area (Å²) in [5.41, 5.74) is 2.04. The van der Waals surface area contributed by atoms with E-state index in [0.29, 0.717) is 38.3 Å². The summed E-state index contributed by atoms with van der Waals surface area (Å²) in [7, 11) is 0. The molecule has 2 aromatic heterocycles. The molecule has 0 saturated heterocycles.